The second kappa shape index (κ2) is 8.77. The van der Waals surface area contributed by atoms with Gasteiger partial charge in [0.25, 0.3) is 11.8 Å². The fourth-order valence-electron chi connectivity index (χ4n) is 3.68. The van der Waals surface area contributed by atoms with Crippen LogP contribution in [0, 0.1) is 0 Å². The molecule has 150 valence electrons. The Labute approximate surface area is 170 Å². The lowest BCUT2D eigenvalue weighted by Crippen LogP contribution is -2.54. The van der Waals surface area contributed by atoms with Gasteiger partial charge in [0.1, 0.15) is 6.54 Å². The molecule has 0 spiro atoms. The molecular formula is C22H25N5O2. The van der Waals surface area contributed by atoms with Gasteiger partial charge in [0.05, 0.1) is 17.1 Å². The third kappa shape index (κ3) is 4.39. The van der Waals surface area contributed by atoms with Gasteiger partial charge in [0.15, 0.2) is 0 Å². The molecule has 2 amide bonds. The van der Waals surface area contributed by atoms with Crippen molar-refractivity contribution in [2.24, 2.45) is 4.99 Å². The molecule has 2 aromatic rings. The number of hydrogen-bond donors (Lipinski definition) is 2. The van der Waals surface area contributed by atoms with Crippen LogP contribution in [0.2, 0.25) is 0 Å². The maximum atomic E-state index is 12.9. The molecule has 29 heavy (non-hydrogen) atoms. The van der Waals surface area contributed by atoms with Crippen molar-refractivity contribution < 1.29 is 9.59 Å². The van der Waals surface area contributed by atoms with Gasteiger partial charge in [-0.1, -0.05) is 43.2 Å². The molecule has 0 aliphatic carbocycles. The van der Waals surface area contributed by atoms with E-state index >= 15 is 0 Å². The molecule has 2 aliphatic heterocycles. The second-order valence-electron chi connectivity index (χ2n) is 7.21. The number of anilines is 3. The van der Waals surface area contributed by atoms with Gasteiger partial charge < -0.3 is 10.2 Å². The normalized spacial score (nSPS) is 17.2. The van der Waals surface area contributed by atoms with Gasteiger partial charge in [-0.05, 0) is 37.1 Å². The van der Waals surface area contributed by atoms with Crippen molar-refractivity contribution in [3.63, 3.8) is 0 Å². The SMILES string of the molecule is O=C(Nc1ccccc1N1CCCCCC1)C1=NCC(=O)N(c2ccccc2)N1. The molecule has 4 rings (SSSR count). The number of hydrazine groups is 1. The van der Waals surface area contributed by atoms with Gasteiger partial charge in [-0.15, -0.1) is 0 Å². The Bertz CT molecular complexity index is 904. The van der Waals surface area contributed by atoms with Gasteiger partial charge in [-0.2, -0.15) is 0 Å². The Morgan fingerprint density at radius 1 is 0.931 bits per heavy atom. The van der Waals surface area contributed by atoms with E-state index in [0.717, 1.165) is 37.3 Å². The lowest BCUT2D eigenvalue weighted by Gasteiger charge is -2.28. The zero-order valence-electron chi connectivity index (χ0n) is 16.3. The van der Waals surface area contributed by atoms with Crippen molar-refractivity contribution in [3.8, 4) is 0 Å². The molecule has 2 aromatic carbocycles. The Hall–Kier alpha value is -3.35. The van der Waals surface area contributed by atoms with Gasteiger partial charge in [-0.25, -0.2) is 5.01 Å². The lowest BCUT2D eigenvalue weighted by atomic mass is 10.2. The van der Waals surface area contributed by atoms with Gasteiger partial charge >= 0.3 is 0 Å². The molecule has 0 radical (unpaired) electrons. The van der Waals surface area contributed by atoms with Crippen LogP contribution < -0.4 is 20.7 Å². The fourth-order valence-corrected chi connectivity index (χ4v) is 3.68. The Balaban J connectivity index is 1.50. The Kier molecular flexibility index (Phi) is 5.74. The van der Waals surface area contributed by atoms with E-state index < -0.39 is 0 Å². The van der Waals surface area contributed by atoms with E-state index in [4.69, 9.17) is 0 Å². The van der Waals surface area contributed by atoms with Crippen LogP contribution in [0.1, 0.15) is 25.7 Å². The molecule has 2 heterocycles. The van der Waals surface area contributed by atoms with E-state index in [1.807, 2.05) is 42.5 Å². The zero-order chi connectivity index (χ0) is 20.1. The highest BCUT2D eigenvalue weighted by atomic mass is 16.2. The van der Waals surface area contributed by atoms with E-state index in [1.54, 1.807) is 12.1 Å². The molecule has 0 bridgehead atoms. The molecule has 1 fully saturated rings. The summed E-state index contributed by atoms with van der Waals surface area (Å²) in [5.74, 6) is -0.447. The monoisotopic (exact) mass is 391 g/mol. The van der Waals surface area contributed by atoms with E-state index in [0.29, 0.717) is 5.69 Å². The molecule has 1 saturated heterocycles. The van der Waals surface area contributed by atoms with E-state index in [1.165, 1.54) is 17.9 Å². The third-order valence-corrected chi connectivity index (χ3v) is 5.17. The molecule has 0 unspecified atom stereocenters. The summed E-state index contributed by atoms with van der Waals surface area (Å²) in [6, 6.07) is 17.0. The molecule has 0 saturated carbocycles. The number of carbonyl (C=O) groups excluding carboxylic acids is 2. The number of aliphatic imine (C=N–C) groups is 1. The predicted molar refractivity (Wildman–Crippen MR) is 115 cm³/mol. The Morgan fingerprint density at radius 3 is 2.38 bits per heavy atom. The lowest BCUT2D eigenvalue weighted by molar-refractivity contribution is -0.118. The summed E-state index contributed by atoms with van der Waals surface area (Å²) < 4.78 is 0. The van der Waals surface area contributed by atoms with Crippen LogP contribution in [0.5, 0.6) is 0 Å². The molecule has 2 aliphatic rings. The van der Waals surface area contributed by atoms with E-state index in [9.17, 15) is 9.59 Å². The van der Waals surface area contributed by atoms with E-state index in [2.05, 4.69) is 20.6 Å². The number of rotatable bonds is 4. The average Bonchev–Trinajstić information content (AvgIpc) is 3.04. The van der Waals surface area contributed by atoms with Crippen LogP contribution in [-0.4, -0.2) is 37.3 Å². The zero-order valence-corrected chi connectivity index (χ0v) is 16.3. The van der Waals surface area contributed by atoms with Crippen LogP contribution in [0.4, 0.5) is 17.1 Å². The van der Waals surface area contributed by atoms with Crippen LogP contribution >= 0.6 is 0 Å². The Morgan fingerprint density at radius 2 is 1.62 bits per heavy atom. The van der Waals surface area contributed by atoms with Gasteiger partial charge in [-0.3, -0.25) is 20.0 Å². The minimum Gasteiger partial charge on any atom is -0.370 e. The van der Waals surface area contributed by atoms with Crippen molar-refractivity contribution in [2.45, 2.75) is 25.7 Å². The highest BCUT2D eigenvalue weighted by Crippen LogP contribution is 2.28. The largest absolute Gasteiger partial charge is 0.370 e. The van der Waals surface area contributed by atoms with Crippen LogP contribution in [-0.2, 0) is 9.59 Å². The number of benzene rings is 2. The number of para-hydroxylation sites is 3. The smallest absolute Gasteiger partial charge is 0.292 e. The minimum absolute atomic E-state index is 0.0710. The number of nitrogens with zero attached hydrogens (tertiary/aromatic N) is 3. The van der Waals surface area contributed by atoms with Gasteiger partial charge in [0.2, 0.25) is 5.84 Å². The van der Waals surface area contributed by atoms with E-state index in [-0.39, 0.29) is 24.2 Å². The summed E-state index contributed by atoms with van der Waals surface area (Å²) in [5, 5.41) is 4.34. The first-order chi connectivity index (χ1) is 14.2. The summed E-state index contributed by atoms with van der Waals surface area (Å²) in [6.07, 6.45) is 4.81. The second-order valence-corrected chi connectivity index (χ2v) is 7.21. The number of carbonyl (C=O) groups is 2. The number of hydrogen-bond acceptors (Lipinski definition) is 5. The maximum Gasteiger partial charge on any atom is 0.292 e. The molecule has 7 heteroatoms. The van der Waals surface area contributed by atoms with Crippen molar-refractivity contribution >= 4 is 34.7 Å². The molecule has 0 aromatic heterocycles. The standard InChI is InChI=1S/C22H25N5O2/c28-20-16-23-21(25-27(20)17-10-4-3-5-11-17)22(29)24-18-12-6-7-13-19(18)26-14-8-1-2-9-15-26/h3-7,10-13H,1-2,8-9,14-16H2,(H,23,25)(H,24,29). The number of amides is 2. The van der Waals surface area contributed by atoms with Crippen molar-refractivity contribution in [2.75, 3.05) is 34.9 Å². The third-order valence-electron chi connectivity index (χ3n) is 5.17. The fraction of sp³-hybridized carbons (Fsp3) is 0.318. The number of nitrogens with one attached hydrogen (secondary N) is 2. The first-order valence-corrected chi connectivity index (χ1v) is 10.1. The highest BCUT2D eigenvalue weighted by Gasteiger charge is 2.26. The quantitative estimate of drug-likeness (QED) is 0.840. The van der Waals surface area contributed by atoms with Crippen molar-refractivity contribution in [1.82, 2.24) is 5.43 Å². The number of amidine groups is 1. The van der Waals surface area contributed by atoms with Crippen molar-refractivity contribution in [1.29, 1.82) is 0 Å². The van der Waals surface area contributed by atoms with Crippen LogP contribution in [0.3, 0.4) is 0 Å². The molecular weight excluding hydrogens is 366 g/mol. The first kappa shape index (κ1) is 19.0. The van der Waals surface area contributed by atoms with Crippen molar-refractivity contribution in [3.05, 3.63) is 54.6 Å². The van der Waals surface area contributed by atoms with Gasteiger partial charge in [0, 0.05) is 13.1 Å². The summed E-state index contributed by atoms with van der Waals surface area (Å²) in [5.41, 5.74) is 5.31. The minimum atomic E-state index is -0.360. The average molecular weight is 391 g/mol. The summed E-state index contributed by atoms with van der Waals surface area (Å²) in [7, 11) is 0. The molecule has 2 N–H and O–H groups in total. The maximum absolute atomic E-state index is 12.9. The first-order valence-electron chi connectivity index (χ1n) is 10.1. The predicted octanol–water partition coefficient (Wildman–Crippen LogP) is 2.96. The summed E-state index contributed by atoms with van der Waals surface area (Å²) in [6.45, 7) is 1.91. The van der Waals surface area contributed by atoms with Crippen LogP contribution in [0.15, 0.2) is 59.6 Å². The van der Waals surface area contributed by atoms with Crippen LogP contribution in [0.25, 0.3) is 0 Å². The highest BCUT2D eigenvalue weighted by molar-refractivity contribution is 6.43. The molecule has 7 nitrogen and oxygen atoms in total. The molecule has 0 atom stereocenters. The summed E-state index contributed by atoms with van der Waals surface area (Å²) >= 11 is 0. The topological polar surface area (TPSA) is 77.0 Å². The summed E-state index contributed by atoms with van der Waals surface area (Å²) in [4.78, 5) is 31.6.